The summed E-state index contributed by atoms with van der Waals surface area (Å²) in [6.45, 7) is 6.17. The van der Waals surface area contributed by atoms with Crippen molar-refractivity contribution >= 4 is 17.4 Å². The molecular formula is C23H22N4O4. The molecule has 1 heterocycles. The molecule has 8 nitrogen and oxygen atoms in total. The average Bonchev–Trinajstić information content (AvgIpc) is 3.07. The van der Waals surface area contributed by atoms with Gasteiger partial charge in [-0.15, -0.1) is 0 Å². The maximum absolute atomic E-state index is 12.5. The molecule has 0 N–H and O–H groups in total. The zero-order valence-electron chi connectivity index (χ0n) is 17.5. The topological polar surface area (TPSA) is 99.6 Å². The molecule has 0 saturated heterocycles. The molecule has 0 unspecified atom stereocenters. The van der Waals surface area contributed by atoms with Crippen molar-refractivity contribution < 1.29 is 14.6 Å². The summed E-state index contributed by atoms with van der Waals surface area (Å²) >= 11 is 0. The highest BCUT2D eigenvalue weighted by Crippen LogP contribution is 2.37. The van der Waals surface area contributed by atoms with Gasteiger partial charge in [0.05, 0.1) is 33.3 Å². The van der Waals surface area contributed by atoms with E-state index in [9.17, 15) is 14.9 Å². The number of carbonyl (C=O) groups excluding carboxylic acids is 1. The Hall–Kier alpha value is -3.81. The molecule has 0 amide bonds. The smallest absolute Gasteiger partial charge is 0.313 e. The van der Waals surface area contributed by atoms with Crippen LogP contribution in [0.2, 0.25) is 0 Å². The Morgan fingerprint density at radius 2 is 1.90 bits per heavy atom. The highest BCUT2D eigenvalue weighted by molar-refractivity contribution is 6.04. The van der Waals surface area contributed by atoms with Crippen LogP contribution in [0.5, 0.6) is 0 Å². The second kappa shape index (κ2) is 7.79. The van der Waals surface area contributed by atoms with E-state index in [1.165, 1.54) is 24.3 Å². The first-order valence-electron chi connectivity index (χ1n) is 9.92. The van der Waals surface area contributed by atoms with Gasteiger partial charge in [0, 0.05) is 17.7 Å². The lowest BCUT2D eigenvalue weighted by Crippen LogP contribution is -2.29. The van der Waals surface area contributed by atoms with Gasteiger partial charge < -0.3 is 4.84 Å². The minimum absolute atomic E-state index is 0.0746. The van der Waals surface area contributed by atoms with Gasteiger partial charge >= 0.3 is 5.97 Å². The molecule has 0 radical (unpaired) electrons. The van der Waals surface area contributed by atoms with Gasteiger partial charge in [0.15, 0.2) is 0 Å². The van der Waals surface area contributed by atoms with E-state index in [0.717, 1.165) is 29.1 Å². The first-order valence-corrected chi connectivity index (χ1v) is 9.92. The second-order valence-corrected chi connectivity index (χ2v) is 8.40. The van der Waals surface area contributed by atoms with E-state index < -0.39 is 10.9 Å². The van der Waals surface area contributed by atoms with Crippen molar-refractivity contribution in [3.8, 4) is 5.69 Å². The fourth-order valence-electron chi connectivity index (χ4n) is 3.93. The zero-order chi connectivity index (χ0) is 22.2. The number of nitro benzene ring substituents is 1. The summed E-state index contributed by atoms with van der Waals surface area (Å²) in [6.07, 6.45) is 1.42. The molecule has 158 valence electrons. The number of non-ortho nitro benzene ring substituents is 1. The Morgan fingerprint density at radius 3 is 2.61 bits per heavy atom. The number of benzene rings is 2. The second-order valence-electron chi connectivity index (χ2n) is 8.40. The molecule has 0 saturated carbocycles. The minimum atomic E-state index is -0.741. The van der Waals surface area contributed by atoms with E-state index in [2.05, 4.69) is 19.0 Å². The van der Waals surface area contributed by atoms with Gasteiger partial charge in [-0.05, 0) is 43.4 Å². The van der Waals surface area contributed by atoms with Crippen molar-refractivity contribution in [2.45, 2.75) is 33.6 Å². The molecule has 3 aromatic rings. The lowest BCUT2D eigenvalue weighted by atomic mass is 9.75. The maximum Gasteiger partial charge on any atom is 0.365 e. The monoisotopic (exact) mass is 418 g/mol. The average molecular weight is 418 g/mol. The molecule has 1 aromatic heterocycles. The van der Waals surface area contributed by atoms with Gasteiger partial charge in [0.2, 0.25) is 0 Å². The van der Waals surface area contributed by atoms with Crippen molar-refractivity contribution in [1.82, 2.24) is 9.78 Å². The number of nitro groups is 1. The first kappa shape index (κ1) is 20.5. The van der Waals surface area contributed by atoms with E-state index in [-0.39, 0.29) is 16.7 Å². The van der Waals surface area contributed by atoms with Gasteiger partial charge in [-0.25, -0.2) is 9.48 Å². The fraction of sp³-hybridized carbons (Fsp3) is 0.261. The summed E-state index contributed by atoms with van der Waals surface area (Å²) in [5.41, 5.74) is 4.10. The van der Waals surface area contributed by atoms with Crippen LogP contribution in [0.1, 0.15) is 47.6 Å². The lowest BCUT2D eigenvalue weighted by molar-refractivity contribution is -0.384. The lowest BCUT2D eigenvalue weighted by Gasteiger charge is -2.30. The summed E-state index contributed by atoms with van der Waals surface area (Å²) in [5.74, 6) is -0.741. The van der Waals surface area contributed by atoms with E-state index in [1.54, 1.807) is 0 Å². The number of hydrogen-bond acceptors (Lipinski definition) is 6. The summed E-state index contributed by atoms with van der Waals surface area (Å²) in [7, 11) is 0. The predicted octanol–water partition coefficient (Wildman–Crippen LogP) is 4.62. The van der Waals surface area contributed by atoms with Crippen molar-refractivity contribution in [2.24, 2.45) is 10.6 Å². The number of oxime groups is 1. The van der Waals surface area contributed by atoms with Gasteiger partial charge in [-0.3, -0.25) is 10.1 Å². The highest BCUT2D eigenvalue weighted by Gasteiger charge is 2.35. The first-order chi connectivity index (χ1) is 14.7. The largest absolute Gasteiger partial charge is 0.365 e. The zero-order valence-corrected chi connectivity index (χ0v) is 17.5. The fourth-order valence-corrected chi connectivity index (χ4v) is 3.93. The van der Waals surface area contributed by atoms with Crippen LogP contribution in [0.25, 0.3) is 5.69 Å². The molecule has 0 spiro atoms. The maximum atomic E-state index is 12.5. The van der Waals surface area contributed by atoms with Gasteiger partial charge in [0.1, 0.15) is 0 Å². The molecule has 4 rings (SSSR count). The summed E-state index contributed by atoms with van der Waals surface area (Å²) in [4.78, 5) is 28.1. The Labute approximate surface area is 179 Å². The van der Waals surface area contributed by atoms with E-state index in [0.29, 0.717) is 12.1 Å². The van der Waals surface area contributed by atoms with Crippen LogP contribution >= 0.6 is 0 Å². The Balaban J connectivity index is 1.69. The third-order valence-corrected chi connectivity index (χ3v) is 5.27. The van der Waals surface area contributed by atoms with Crippen molar-refractivity contribution in [3.63, 3.8) is 0 Å². The molecule has 8 heteroatoms. The molecule has 2 aromatic carbocycles. The van der Waals surface area contributed by atoms with E-state index in [1.807, 2.05) is 41.9 Å². The molecule has 0 fully saturated rings. The summed E-state index contributed by atoms with van der Waals surface area (Å²) in [5, 5.41) is 19.9. The Bertz CT molecular complexity index is 1200. The number of para-hydroxylation sites is 1. The normalized spacial score (nSPS) is 16.0. The molecule has 0 atom stereocenters. The molecule has 31 heavy (non-hydrogen) atoms. The number of aryl methyl sites for hydroxylation is 1. The standard InChI is InChI=1S/C23H22N4O4/c1-15-21-19(25-31-22(28)16-8-7-11-18(12-16)27(29)30)13-23(2,3)14-20(21)26(24-15)17-9-5-4-6-10-17/h4-12H,13-14H2,1-3H3/b25-19+. The van der Waals surface area contributed by atoms with Crippen molar-refractivity contribution in [3.05, 3.63) is 87.2 Å². The highest BCUT2D eigenvalue weighted by atomic mass is 16.7. The SMILES string of the molecule is Cc1nn(-c2ccccc2)c2c1/C(=N/OC(=O)c1cccc([N+](=O)[O-])c1)CC(C)(C)C2. The van der Waals surface area contributed by atoms with Crippen LogP contribution in [-0.4, -0.2) is 26.4 Å². The number of aromatic nitrogens is 2. The third-order valence-electron chi connectivity index (χ3n) is 5.27. The molecule has 0 aliphatic heterocycles. The molecular weight excluding hydrogens is 396 g/mol. The van der Waals surface area contributed by atoms with Gasteiger partial charge in [-0.2, -0.15) is 5.10 Å². The minimum Gasteiger partial charge on any atom is -0.313 e. The molecule has 1 aliphatic carbocycles. The van der Waals surface area contributed by atoms with Crippen LogP contribution < -0.4 is 0 Å². The van der Waals surface area contributed by atoms with Gasteiger partial charge in [-0.1, -0.05) is 43.3 Å². The van der Waals surface area contributed by atoms with Gasteiger partial charge in [0.25, 0.3) is 5.69 Å². The Morgan fingerprint density at radius 1 is 1.16 bits per heavy atom. The quantitative estimate of drug-likeness (QED) is 0.350. The van der Waals surface area contributed by atoms with E-state index in [4.69, 9.17) is 9.94 Å². The molecule has 1 aliphatic rings. The predicted molar refractivity (Wildman–Crippen MR) is 115 cm³/mol. The van der Waals surface area contributed by atoms with Crippen LogP contribution in [-0.2, 0) is 11.3 Å². The number of carbonyl (C=O) groups is 1. The van der Waals surface area contributed by atoms with E-state index >= 15 is 0 Å². The van der Waals surface area contributed by atoms with Crippen LogP contribution in [0.3, 0.4) is 0 Å². The van der Waals surface area contributed by atoms with Crippen LogP contribution in [0.4, 0.5) is 5.69 Å². The third kappa shape index (κ3) is 4.09. The van der Waals surface area contributed by atoms with Crippen LogP contribution in [0.15, 0.2) is 59.8 Å². The van der Waals surface area contributed by atoms with Crippen molar-refractivity contribution in [2.75, 3.05) is 0 Å². The van der Waals surface area contributed by atoms with Crippen LogP contribution in [0, 0.1) is 22.5 Å². The van der Waals surface area contributed by atoms with Crippen molar-refractivity contribution in [1.29, 1.82) is 0 Å². The summed E-state index contributed by atoms with van der Waals surface area (Å²) < 4.78 is 1.92. The molecule has 0 bridgehead atoms. The number of nitrogens with zero attached hydrogens (tertiary/aromatic N) is 4. The number of hydrogen-bond donors (Lipinski definition) is 0. The Kier molecular flexibility index (Phi) is 5.14. The summed E-state index contributed by atoms with van der Waals surface area (Å²) in [6, 6.07) is 15.3. The number of fused-ring (bicyclic) bond motifs is 1. The number of rotatable bonds is 4.